The van der Waals surface area contributed by atoms with Crippen LogP contribution in [0.1, 0.15) is 23.6 Å². The number of anilines is 1. The van der Waals surface area contributed by atoms with Crippen LogP contribution < -0.4 is 21.1 Å². The van der Waals surface area contributed by atoms with Crippen LogP contribution in [-0.4, -0.2) is 42.8 Å². The third kappa shape index (κ3) is 2.13. The number of hydrogen-bond donors (Lipinski definition) is 3. The Labute approximate surface area is 106 Å². The van der Waals surface area contributed by atoms with Crippen molar-refractivity contribution in [3.8, 4) is 5.88 Å². The zero-order valence-electron chi connectivity index (χ0n) is 10.4. The number of hydrogen-bond acceptors (Lipinski definition) is 6. The average Bonchev–Trinajstić information content (AvgIpc) is 3.05. The fraction of sp³-hybridized carbons (Fsp3) is 0.667. The average molecular weight is 249 g/mol. The number of aromatic nitrogens is 2. The lowest BCUT2D eigenvalue weighted by atomic mass is 9.99. The molecular weight excluding hydrogens is 230 g/mol. The normalized spacial score (nSPS) is 21.7. The molecule has 18 heavy (non-hydrogen) atoms. The van der Waals surface area contributed by atoms with Crippen LogP contribution in [0.25, 0.3) is 0 Å². The van der Waals surface area contributed by atoms with Crippen molar-refractivity contribution in [1.82, 2.24) is 15.3 Å². The van der Waals surface area contributed by atoms with Crippen molar-refractivity contribution in [2.24, 2.45) is 5.73 Å². The summed E-state index contributed by atoms with van der Waals surface area (Å²) in [4.78, 5) is 9.07. The number of nitrogens with zero attached hydrogens (tertiary/aromatic N) is 2. The van der Waals surface area contributed by atoms with E-state index < -0.39 is 0 Å². The second-order valence-corrected chi connectivity index (χ2v) is 4.72. The van der Waals surface area contributed by atoms with Crippen molar-refractivity contribution in [1.29, 1.82) is 0 Å². The minimum atomic E-state index is 0.488. The highest BCUT2D eigenvalue weighted by Crippen LogP contribution is 2.33. The monoisotopic (exact) mass is 249 g/mol. The van der Waals surface area contributed by atoms with Gasteiger partial charge in [0.2, 0.25) is 11.8 Å². The highest BCUT2D eigenvalue weighted by molar-refractivity contribution is 5.42. The molecule has 1 unspecified atom stereocenters. The Morgan fingerprint density at radius 2 is 2.39 bits per heavy atom. The third-order valence-electron chi connectivity index (χ3n) is 3.47. The fourth-order valence-electron chi connectivity index (χ4n) is 2.57. The minimum absolute atomic E-state index is 0.488. The predicted molar refractivity (Wildman–Crippen MR) is 69.0 cm³/mol. The summed E-state index contributed by atoms with van der Waals surface area (Å²) in [5.41, 5.74) is 7.84. The molecule has 6 heteroatoms. The number of ether oxygens (including phenoxy) is 1. The second kappa shape index (κ2) is 5.07. The summed E-state index contributed by atoms with van der Waals surface area (Å²) in [5, 5.41) is 6.52. The molecule has 0 aliphatic carbocycles. The summed E-state index contributed by atoms with van der Waals surface area (Å²) >= 11 is 0. The van der Waals surface area contributed by atoms with E-state index in [2.05, 4.69) is 20.6 Å². The Morgan fingerprint density at radius 3 is 3.17 bits per heavy atom. The van der Waals surface area contributed by atoms with Crippen molar-refractivity contribution in [2.75, 3.05) is 38.1 Å². The molecule has 3 heterocycles. The van der Waals surface area contributed by atoms with Gasteiger partial charge < -0.3 is 21.1 Å². The predicted octanol–water partition coefficient (Wildman–Crippen LogP) is -0.141. The summed E-state index contributed by atoms with van der Waals surface area (Å²) < 4.78 is 5.58. The molecule has 0 radical (unpaired) electrons. The van der Waals surface area contributed by atoms with Gasteiger partial charge in [-0.1, -0.05) is 0 Å². The van der Waals surface area contributed by atoms with E-state index in [1.165, 1.54) is 5.56 Å². The van der Waals surface area contributed by atoms with Crippen LogP contribution >= 0.6 is 0 Å². The Hall–Kier alpha value is -1.40. The molecule has 4 N–H and O–H groups in total. The fourth-order valence-corrected chi connectivity index (χ4v) is 2.57. The van der Waals surface area contributed by atoms with Crippen molar-refractivity contribution in [3.63, 3.8) is 0 Å². The molecule has 1 fully saturated rings. The Morgan fingerprint density at radius 1 is 1.44 bits per heavy atom. The van der Waals surface area contributed by atoms with Crippen LogP contribution in [0.4, 0.5) is 5.95 Å². The molecule has 0 aromatic carbocycles. The molecule has 1 saturated heterocycles. The topological polar surface area (TPSA) is 85.1 Å². The van der Waals surface area contributed by atoms with Crippen molar-refractivity contribution >= 4 is 5.95 Å². The van der Waals surface area contributed by atoms with Gasteiger partial charge in [0, 0.05) is 37.5 Å². The number of nitrogens with one attached hydrogen (secondary N) is 2. The number of nitrogens with two attached hydrogens (primary N) is 1. The van der Waals surface area contributed by atoms with Crippen LogP contribution in [0.2, 0.25) is 0 Å². The lowest BCUT2D eigenvalue weighted by Crippen LogP contribution is -2.17. The van der Waals surface area contributed by atoms with Crippen LogP contribution in [0.15, 0.2) is 0 Å². The first-order valence-electron chi connectivity index (χ1n) is 6.56. The number of fused-ring (bicyclic) bond motifs is 1. The Kier molecular flexibility index (Phi) is 3.29. The maximum Gasteiger partial charge on any atom is 0.226 e. The van der Waals surface area contributed by atoms with Gasteiger partial charge in [-0.05, 0) is 13.0 Å². The van der Waals surface area contributed by atoms with Crippen molar-refractivity contribution < 1.29 is 4.74 Å². The van der Waals surface area contributed by atoms with E-state index in [0.29, 0.717) is 25.0 Å². The summed E-state index contributed by atoms with van der Waals surface area (Å²) in [6.45, 7) is 4.04. The maximum absolute atomic E-state index is 5.58. The van der Waals surface area contributed by atoms with E-state index in [1.54, 1.807) is 0 Å². The standard InChI is InChI=1S/C12H19N5O/c13-3-5-15-12-16-10(8-1-4-14-7-8)9-2-6-18-11(9)17-12/h8,14H,1-7,13H2,(H,15,16,17). The molecule has 0 saturated carbocycles. The summed E-state index contributed by atoms with van der Waals surface area (Å²) in [5.74, 6) is 1.89. The minimum Gasteiger partial charge on any atom is -0.477 e. The molecule has 2 aliphatic heterocycles. The summed E-state index contributed by atoms with van der Waals surface area (Å²) in [6, 6.07) is 0. The molecule has 1 atom stereocenters. The lowest BCUT2D eigenvalue weighted by molar-refractivity contribution is 0.345. The molecule has 98 valence electrons. The van der Waals surface area contributed by atoms with E-state index in [0.717, 1.165) is 44.1 Å². The number of rotatable bonds is 4. The highest BCUT2D eigenvalue weighted by atomic mass is 16.5. The Bertz CT molecular complexity index is 431. The molecule has 3 rings (SSSR count). The first-order chi connectivity index (χ1) is 8.88. The van der Waals surface area contributed by atoms with Gasteiger partial charge in [-0.3, -0.25) is 0 Å². The quantitative estimate of drug-likeness (QED) is 0.688. The molecule has 1 aromatic rings. The van der Waals surface area contributed by atoms with Gasteiger partial charge in [0.1, 0.15) is 0 Å². The highest BCUT2D eigenvalue weighted by Gasteiger charge is 2.27. The lowest BCUT2D eigenvalue weighted by Gasteiger charge is -2.13. The van der Waals surface area contributed by atoms with Crippen LogP contribution in [0.3, 0.4) is 0 Å². The van der Waals surface area contributed by atoms with E-state index in [4.69, 9.17) is 10.5 Å². The van der Waals surface area contributed by atoms with Gasteiger partial charge in [0.05, 0.1) is 12.3 Å². The molecule has 2 aliphatic rings. The van der Waals surface area contributed by atoms with E-state index in [-0.39, 0.29) is 0 Å². The van der Waals surface area contributed by atoms with Gasteiger partial charge in [-0.25, -0.2) is 4.98 Å². The first kappa shape index (κ1) is 11.7. The van der Waals surface area contributed by atoms with Gasteiger partial charge >= 0.3 is 0 Å². The molecule has 0 spiro atoms. The third-order valence-corrected chi connectivity index (χ3v) is 3.47. The smallest absolute Gasteiger partial charge is 0.226 e. The van der Waals surface area contributed by atoms with E-state index in [9.17, 15) is 0 Å². The van der Waals surface area contributed by atoms with Gasteiger partial charge in [-0.15, -0.1) is 0 Å². The molecule has 0 amide bonds. The van der Waals surface area contributed by atoms with E-state index in [1.807, 2.05) is 0 Å². The van der Waals surface area contributed by atoms with Crippen LogP contribution in [-0.2, 0) is 6.42 Å². The molecule has 0 bridgehead atoms. The van der Waals surface area contributed by atoms with Crippen LogP contribution in [0.5, 0.6) is 5.88 Å². The zero-order valence-corrected chi connectivity index (χ0v) is 10.4. The maximum atomic E-state index is 5.58. The zero-order chi connectivity index (χ0) is 12.4. The molecule has 6 nitrogen and oxygen atoms in total. The Balaban J connectivity index is 1.92. The second-order valence-electron chi connectivity index (χ2n) is 4.72. The van der Waals surface area contributed by atoms with E-state index >= 15 is 0 Å². The van der Waals surface area contributed by atoms with Gasteiger partial charge in [0.25, 0.3) is 0 Å². The summed E-state index contributed by atoms with van der Waals surface area (Å²) in [7, 11) is 0. The van der Waals surface area contributed by atoms with Crippen molar-refractivity contribution in [3.05, 3.63) is 11.3 Å². The van der Waals surface area contributed by atoms with Gasteiger partial charge in [-0.2, -0.15) is 4.98 Å². The summed E-state index contributed by atoms with van der Waals surface area (Å²) in [6.07, 6.45) is 2.07. The molecular formula is C12H19N5O. The largest absolute Gasteiger partial charge is 0.477 e. The first-order valence-corrected chi connectivity index (χ1v) is 6.56. The molecule has 1 aromatic heterocycles. The van der Waals surface area contributed by atoms with Gasteiger partial charge in [0.15, 0.2) is 0 Å². The van der Waals surface area contributed by atoms with Crippen LogP contribution in [0, 0.1) is 0 Å². The SMILES string of the molecule is NCCNc1nc2c(c(C3CCNC3)n1)CCO2. The van der Waals surface area contributed by atoms with Crippen molar-refractivity contribution in [2.45, 2.75) is 18.8 Å².